The van der Waals surface area contributed by atoms with Crippen LogP contribution in [0.15, 0.2) is 84.9 Å². The average molecular weight is 347 g/mol. The van der Waals surface area contributed by atoms with Crippen molar-refractivity contribution < 1.29 is 5.11 Å². The van der Waals surface area contributed by atoms with Crippen LogP contribution in [0, 0.1) is 0 Å². The summed E-state index contributed by atoms with van der Waals surface area (Å²) in [4.78, 5) is 0. The molecule has 1 N–H and O–H groups in total. The number of aromatic nitrogens is 2. The molecule has 0 amide bonds. The van der Waals surface area contributed by atoms with Crippen LogP contribution >= 0.6 is 11.6 Å². The van der Waals surface area contributed by atoms with Crippen molar-refractivity contribution in [1.29, 1.82) is 0 Å². The van der Waals surface area contributed by atoms with Gasteiger partial charge in [0.1, 0.15) is 11.4 Å². The van der Waals surface area contributed by atoms with Crippen LogP contribution in [0.4, 0.5) is 0 Å². The molecule has 0 radical (unpaired) electrons. The third-order valence-corrected chi connectivity index (χ3v) is 4.28. The molecule has 0 unspecified atom stereocenters. The average Bonchev–Trinajstić information content (AvgIpc) is 3.01. The number of rotatable bonds is 3. The summed E-state index contributed by atoms with van der Waals surface area (Å²) >= 11 is 5.98. The molecule has 122 valence electrons. The minimum absolute atomic E-state index is 0.150. The Kier molecular flexibility index (Phi) is 4.00. The van der Waals surface area contributed by atoms with Gasteiger partial charge in [-0.25, -0.2) is 4.68 Å². The largest absolute Gasteiger partial charge is 0.504 e. The second-order valence-corrected chi connectivity index (χ2v) is 6.10. The molecule has 0 bridgehead atoms. The maximum atomic E-state index is 10.9. The van der Waals surface area contributed by atoms with E-state index in [2.05, 4.69) is 5.10 Å². The van der Waals surface area contributed by atoms with Gasteiger partial charge >= 0.3 is 0 Å². The van der Waals surface area contributed by atoms with Gasteiger partial charge in [0, 0.05) is 16.1 Å². The maximum Gasteiger partial charge on any atom is 0.170 e. The molecule has 0 saturated heterocycles. The van der Waals surface area contributed by atoms with Gasteiger partial charge in [-0.05, 0) is 24.3 Å². The monoisotopic (exact) mass is 346 g/mol. The fourth-order valence-electron chi connectivity index (χ4n) is 2.82. The normalized spacial score (nSPS) is 10.8. The molecule has 0 aliphatic carbocycles. The zero-order valence-electron chi connectivity index (χ0n) is 13.3. The third-order valence-electron chi connectivity index (χ3n) is 4.03. The molecule has 3 aromatic carbocycles. The Morgan fingerprint density at radius 2 is 1.32 bits per heavy atom. The van der Waals surface area contributed by atoms with Crippen LogP contribution in [0.3, 0.4) is 0 Å². The quantitative estimate of drug-likeness (QED) is 0.527. The molecule has 0 aliphatic rings. The minimum atomic E-state index is 0.150. The number of hydrogen-bond acceptors (Lipinski definition) is 2. The number of nitrogens with zero attached hydrogens (tertiary/aromatic N) is 2. The lowest BCUT2D eigenvalue weighted by molar-refractivity contribution is 0.479. The summed E-state index contributed by atoms with van der Waals surface area (Å²) in [7, 11) is 0. The highest BCUT2D eigenvalue weighted by Gasteiger charge is 2.20. The molecule has 4 rings (SSSR count). The summed E-state index contributed by atoms with van der Waals surface area (Å²) in [5.41, 5.74) is 3.79. The van der Waals surface area contributed by atoms with Crippen LogP contribution in [0.5, 0.6) is 5.75 Å². The smallest absolute Gasteiger partial charge is 0.170 e. The summed E-state index contributed by atoms with van der Waals surface area (Å²) in [6.07, 6.45) is 0. The predicted molar refractivity (Wildman–Crippen MR) is 101 cm³/mol. The van der Waals surface area contributed by atoms with E-state index in [1.54, 1.807) is 16.8 Å². The van der Waals surface area contributed by atoms with Crippen LogP contribution in [0.25, 0.3) is 28.2 Å². The van der Waals surface area contributed by atoms with Gasteiger partial charge in [0.15, 0.2) is 5.75 Å². The molecule has 0 spiro atoms. The number of aromatic hydroxyl groups is 1. The van der Waals surface area contributed by atoms with Crippen molar-refractivity contribution in [3.8, 4) is 34.0 Å². The lowest BCUT2D eigenvalue weighted by Gasteiger charge is -2.07. The molecule has 1 heterocycles. The first kappa shape index (κ1) is 15.5. The first-order chi connectivity index (χ1) is 12.2. The molecule has 4 aromatic rings. The summed E-state index contributed by atoms with van der Waals surface area (Å²) in [5.74, 6) is 0.150. The summed E-state index contributed by atoms with van der Waals surface area (Å²) in [5, 5.41) is 16.3. The Balaban J connectivity index is 1.97. The van der Waals surface area contributed by atoms with Crippen molar-refractivity contribution >= 4 is 11.6 Å². The highest BCUT2D eigenvalue weighted by Crippen LogP contribution is 2.39. The molecule has 0 aliphatic heterocycles. The van der Waals surface area contributed by atoms with Crippen molar-refractivity contribution in [1.82, 2.24) is 9.78 Å². The van der Waals surface area contributed by atoms with E-state index in [-0.39, 0.29) is 5.75 Å². The third kappa shape index (κ3) is 2.90. The van der Waals surface area contributed by atoms with E-state index in [1.807, 2.05) is 72.8 Å². The maximum absolute atomic E-state index is 10.9. The second kappa shape index (κ2) is 6.46. The predicted octanol–water partition coefficient (Wildman–Crippen LogP) is 5.57. The second-order valence-electron chi connectivity index (χ2n) is 5.67. The summed E-state index contributed by atoms with van der Waals surface area (Å²) < 4.78 is 1.77. The standard InChI is InChI=1S/C21H15ClN2O/c22-17-13-11-15(12-14-17)19-21(25)20(16-7-3-1-4-8-16)24(23-19)18-9-5-2-6-10-18/h1-14,25H. The van der Waals surface area contributed by atoms with Crippen LogP contribution in [-0.2, 0) is 0 Å². The molecular weight excluding hydrogens is 332 g/mol. The van der Waals surface area contributed by atoms with Crippen LogP contribution < -0.4 is 0 Å². The highest BCUT2D eigenvalue weighted by atomic mass is 35.5. The van der Waals surface area contributed by atoms with Gasteiger partial charge in [-0.3, -0.25) is 0 Å². The van der Waals surface area contributed by atoms with Gasteiger partial charge < -0.3 is 5.11 Å². The van der Waals surface area contributed by atoms with Crippen molar-refractivity contribution in [3.63, 3.8) is 0 Å². The Bertz CT molecular complexity index is 994. The topological polar surface area (TPSA) is 38.1 Å². The first-order valence-corrected chi connectivity index (χ1v) is 8.30. The fraction of sp³-hybridized carbons (Fsp3) is 0. The Morgan fingerprint density at radius 1 is 0.720 bits per heavy atom. The van der Waals surface area contributed by atoms with E-state index in [0.29, 0.717) is 16.4 Å². The Labute approximate surface area is 150 Å². The van der Waals surface area contributed by atoms with Crippen molar-refractivity contribution in [3.05, 3.63) is 90.0 Å². The van der Waals surface area contributed by atoms with E-state index in [4.69, 9.17) is 11.6 Å². The lowest BCUT2D eigenvalue weighted by atomic mass is 10.1. The highest BCUT2D eigenvalue weighted by molar-refractivity contribution is 6.30. The van der Waals surface area contributed by atoms with Gasteiger partial charge in [-0.2, -0.15) is 5.10 Å². The number of hydrogen-bond donors (Lipinski definition) is 1. The van der Waals surface area contributed by atoms with Crippen LogP contribution in [-0.4, -0.2) is 14.9 Å². The molecule has 4 heteroatoms. The number of para-hydroxylation sites is 1. The van der Waals surface area contributed by atoms with Gasteiger partial charge in [-0.1, -0.05) is 72.3 Å². The zero-order chi connectivity index (χ0) is 17.2. The van der Waals surface area contributed by atoms with Crippen molar-refractivity contribution in [2.24, 2.45) is 0 Å². The van der Waals surface area contributed by atoms with Gasteiger partial charge in [0.2, 0.25) is 0 Å². The fourth-order valence-corrected chi connectivity index (χ4v) is 2.95. The van der Waals surface area contributed by atoms with E-state index in [9.17, 15) is 5.11 Å². The van der Waals surface area contributed by atoms with E-state index >= 15 is 0 Å². The van der Waals surface area contributed by atoms with Crippen LogP contribution in [0.1, 0.15) is 0 Å². The van der Waals surface area contributed by atoms with E-state index in [1.165, 1.54) is 0 Å². The molecular formula is C21H15ClN2O. The van der Waals surface area contributed by atoms with Crippen molar-refractivity contribution in [2.45, 2.75) is 0 Å². The Morgan fingerprint density at radius 3 is 1.96 bits per heavy atom. The number of benzene rings is 3. The van der Waals surface area contributed by atoms with Gasteiger partial charge in [-0.15, -0.1) is 0 Å². The van der Waals surface area contributed by atoms with Gasteiger partial charge in [0.05, 0.1) is 5.69 Å². The summed E-state index contributed by atoms with van der Waals surface area (Å²) in [6, 6.07) is 26.8. The van der Waals surface area contributed by atoms with E-state index in [0.717, 1.165) is 16.8 Å². The van der Waals surface area contributed by atoms with Crippen molar-refractivity contribution in [2.75, 3.05) is 0 Å². The van der Waals surface area contributed by atoms with Crippen LogP contribution in [0.2, 0.25) is 5.02 Å². The number of halogens is 1. The zero-order valence-corrected chi connectivity index (χ0v) is 14.1. The lowest BCUT2D eigenvalue weighted by Crippen LogP contribution is -1.98. The molecule has 1 aromatic heterocycles. The molecule has 3 nitrogen and oxygen atoms in total. The Hall–Kier alpha value is -3.04. The minimum Gasteiger partial charge on any atom is -0.504 e. The summed E-state index contributed by atoms with van der Waals surface area (Å²) in [6.45, 7) is 0. The SMILES string of the molecule is Oc1c(-c2ccc(Cl)cc2)nn(-c2ccccc2)c1-c1ccccc1. The molecule has 0 atom stereocenters. The molecule has 0 fully saturated rings. The van der Waals surface area contributed by atoms with Gasteiger partial charge in [0.25, 0.3) is 0 Å². The molecule has 0 saturated carbocycles. The molecule has 25 heavy (non-hydrogen) atoms. The first-order valence-electron chi connectivity index (χ1n) is 7.93. The van der Waals surface area contributed by atoms with E-state index < -0.39 is 0 Å².